The van der Waals surface area contributed by atoms with Gasteiger partial charge in [0.05, 0.1) is 0 Å². The van der Waals surface area contributed by atoms with Gasteiger partial charge in [0.2, 0.25) is 0 Å². The monoisotopic (exact) mass is 152 g/mol. The number of aliphatic hydroxyl groups excluding tert-OH is 1. The van der Waals surface area contributed by atoms with Crippen molar-refractivity contribution in [3.8, 4) is 0 Å². The third kappa shape index (κ3) is 19.4. The van der Waals surface area contributed by atoms with Crippen LogP contribution in [0.25, 0.3) is 0 Å². The molecule has 0 radical (unpaired) electrons. The molecule has 0 aromatic carbocycles. The summed E-state index contributed by atoms with van der Waals surface area (Å²) in [6.45, 7) is -0.778. The second kappa shape index (κ2) is 10.1. The second-order valence-electron chi connectivity index (χ2n) is 0.552. The zero-order valence-electron chi connectivity index (χ0n) is 5.72. The summed E-state index contributed by atoms with van der Waals surface area (Å²) < 4.78 is 0. The van der Waals surface area contributed by atoms with Crippen molar-refractivity contribution in [3.05, 3.63) is 0 Å². The fraction of sp³-hybridized carbons (Fsp3) is 0.500. The molecule has 0 unspecified atom stereocenters. The van der Waals surface area contributed by atoms with E-state index in [1.807, 2.05) is 0 Å². The largest absolute Gasteiger partial charge is 2.00 e. The average Bonchev–Trinajstić information content (AvgIpc) is 1.38. The molecule has 0 fully saturated rings. The topological polar surface area (TPSA) is 57.5 Å². The number of aliphatic hydroxyl groups is 1. The van der Waals surface area contributed by atoms with E-state index in [1.54, 1.807) is 0 Å². The van der Waals surface area contributed by atoms with Gasteiger partial charge in [-0.05, 0) is 0 Å². The molecule has 0 aliphatic carbocycles. The van der Waals surface area contributed by atoms with E-state index in [2.05, 4.69) is 0 Å². The van der Waals surface area contributed by atoms with Crippen LogP contribution >= 0.6 is 13.5 Å². The number of hydrogen-bond acceptors (Lipinski definition) is 2. The van der Waals surface area contributed by atoms with Gasteiger partial charge in [0.25, 0.3) is 0 Å². The van der Waals surface area contributed by atoms with Gasteiger partial charge in [0.15, 0.2) is 0 Å². The third-order valence-corrected chi connectivity index (χ3v) is 0.135. The number of aliphatic carboxylic acids is 1. The zero-order valence-corrected chi connectivity index (χ0v) is 6.93. The van der Waals surface area contributed by atoms with Crippen molar-refractivity contribution in [2.75, 3.05) is 6.61 Å². The van der Waals surface area contributed by atoms with Crippen molar-refractivity contribution in [1.82, 2.24) is 0 Å². The smallest absolute Gasteiger partial charge is 1.00 e. The molecule has 0 saturated carbocycles. The van der Waals surface area contributed by atoms with Crippen LogP contribution in [0.15, 0.2) is 0 Å². The number of carboxylic acids is 1. The van der Waals surface area contributed by atoms with Crippen LogP contribution in [-0.2, 0) is 4.79 Å². The molecule has 0 spiro atoms. The van der Waals surface area contributed by atoms with Crippen LogP contribution in [-0.4, -0.2) is 60.5 Å². The summed E-state index contributed by atoms with van der Waals surface area (Å²) in [5, 5.41) is 15.0. The first-order chi connectivity index (χ1) is 2.27. The number of carboxylic acid groups (broad SMARTS) is 1. The predicted molar refractivity (Wildman–Crippen MR) is 33.1 cm³/mol. The Morgan fingerprint density at radius 2 is 1.86 bits per heavy atom. The predicted octanol–water partition coefficient (Wildman–Crippen LogP) is -0.980. The van der Waals surface area contributed by atoms with E-state index >= 15 is 0 Å². The fourth-order valence-corrected chi connectivity index (χ4v) is 0. The summed E-state index contributed by atoms with van der Waals surface area (Å²) in [6, 6.07) is 0. The van der Waals surface area contributed by atoms with Crippen LogP contribution in [0.5, 0.6) is 0 Å². The molecule has 3 nitrogen and oxygen atoms in total. The summed E-state index contributed by atoms with van der Waals surface area (Å²) in [5.41, 5.74) is 0. The van der Waals surface area contributed by atoms with E-state index in [9.17, 15) is 0 Å². The van der Waals surface area contributed by atoms with Gasteiger partial charge >= 0.3 is 43.7 Å². The van der Waals surface area contributed by atoms with Gasteiger partial charge in [-0.2, -0.15) is 13.5 Å². The van der Waals surface area contributed by atoms with Crippen molar-refractivity contribution in [1.29, 1.82) is 0 Å². The molecule has 7 heavy (non-hydrogen) atoms. The quantitative estimate of drug-likeness (QED) is 0.475. The van der Waals surface area contributed by atoms with E-state index in [4.69, 9.17) is 15.0 Å². The maximum absolute atomic E-state index is 9.12. The first-order valence-electron chi connectivity index (χ1n) is 1.10. The van der Waals surface area contributed by atoms with Crippen LogP contribution in [0, 0.1) is 0 Å². The molecular formula is C2H8CaO3S. The molecule has 5 heteroatoms. The summed E-state index contributed by atoms with van der Waals surface area (Å²) in [4.78, 5) is 9.12. The Morgan fingerprint density at radius 3 is 1.86 bits per heavy atom. The van der Waals surface area contributed by atoms with Crippen molar-refractivity contribution in [3.63, 3.8) is 0 Å². The SMILES string of the molecule is O=C(O)CO.S.[Ca+2].[H-].[H-]. The Kier molecular flexibility index (Phi) is 22.7. The molecule has 0 aromatic rings. The van der Waals surface area contributed by atoms with Gasteiger partial charge in [-0.15, -0.1) is 0 Å². The Hall–Kier alpha value is 1.04. The molecule has 0 aromatic heterocycles. The van der Waals surface area contributed by atoms with Gasteiger partial charge in [-0.25, -0.2) is 4.79 Å². The van der Waals surface area contributed by atoms with Gasteiger partial charge in [-0.1, -0.05) is 0 Å². The summed E-state index contributed by atoms with van der Waals surface area (Å²) in [6.07, 6.45) is 0. The molecule has 0 saturated heterocycles. The summed E-state index contributed by atoms with van der Waals surface area (Å²) >= 11 is 0. The van der Waals surface area contributed by atoms with Gasteiger partial charge in [-0.3, -0.25) is 0 Å². The maximum atomic E-state index is 9.12. The van der Waals surface area contributed by atoms with Crippen molar-refractivity contribution in [2.24, 2.45) is 0 Å². The molecule has 0 aliphatic rings. The van der Waals surface area contributed by atoms with E-state index < -0.39 is 12.6 Å². The number of rotatable bonds is 1. The van der Waals surface area contributed by atoms with Gasteiger partial charge in [0.1, 0.15) is 6.61 Å². The molecule has 0 heterocycles. The molecular weight excluding hydrogens is 144 g/mol. The van der Waals surface area contributed by atoms with Gasteiger partial charge in [0, 0.05) is 0 Å². The van der Waals surface area contributed by atoms with Crippen molar-refractivity contribution < 1.29 is 17.9 Å². The van der Waals surface area contributed by atoms with E-state index in [1.165, 1.54) is 0 Å². The minimum Gasteiger partial charge on any atom is -1.00 e. The molecule has 0 aliphatic heterocycles. The van der Waals surface area contributed by atoms with Crippen molar-refractivity contribution >= 4 is 57.2 Å². The van der Waals surface area contributed by atoms with Crippen LogP contribution in [0.4, 0.5) is 0 Å². The normalized spacial score (nSPS) is 5.29. The molecule has 42 valence electrons. The van der Waals surface area contributed by atoms with Crippen molar-refractivity contribution in [2.45, 2.75) is 0 Å². The van der Waals surface area contributed by atoms with Crippen LogP contribution in [0.3, 0.4) is 0 Å². The van der Waals surface area contributed by atoms with Gasteiger partial charge < -0.3 is 13.1 Å². The van der Waals surface area contributed by atoms with Crippen LogP contribution in [0.2, 0.25) is 0 Å². The molecule has 0 atom stereocenters. The first-order valence-corrected chi connectivity index (χ1v) is 1.10. The average molecular weight is 152 g/mol. The Bertz CT molecular complexity index is 55.1. The number of hydrogen-bond donors (Lipinski definition) is 2. The minimum absolute atomic E-state index is 0. The third-order valence-electron chi connectivity index (χ3n) is 0.135. The molecule has 0 amide bonds. The summed E-state index contributed by atoms with van der Waals surface area (Å²) in [7, 11) is 0. The van der Waals surface area contributed by atoms with E-state index in [-0.39, 0.29) is 54.1 Å². The summed E-state index contributed by atoms with van der Waals surface area (Å²) in [5.74, 6) is -1.19. The Labute approximate surface area is 81.1 Å². The number of carbonyl (C=O) groups is 1. The minimum atomic E-state index is -1.19. The first kappa shape index (κ1) is 15.7. The Balaban J connectivity index is -0.0000000133. The van der Waals surface area contributed by atoms with Crippen LogP contribution < -0.4 is 0 Å². The molecule has 2 N–H and O–H groups in total. The zero-order chi connectivity index (χ0) is 4.28. The van der Waals surface area contributed by atoms with Crippen LogP contribution in [0.1, 0.15) is 2.85 Å². The maximum Gasteiger partial charge on any atom is 2.00 e. The standard InChI is InChI=1S/C2H4O3.Ca.H2S.2H/c3-1-2(4)5;;;;/h3H,1H2,(H,4,5);;1H2;;/q;+2;;2*-1. The second-order valence-corrected chi connectivity index (χ2v) is 0.552. The van der Waals surface area contributed by atoms with E-state index in [0.717, 1.165) is 0 Å². The fourth-order valence-electron chi connectivity index (χ4n) is 0. The Morgan fingerprint density at radius 1 is 1.71 bits per heavy atom. The van der Waals surface area contributed by atoms with E-state index in [0.29, 0.717) is 0 Å². The molecule has 0 bridgehead atoms. The molecule has 0 rings (SSSR count).